The number of halogens is 1. The van der Waals surface area contributed by atoms with Gasteiger partial charge < -0.3 is 15.0 Å². The van der Waals surface area contributed by atoms with E-state index < -0.39 is 0 Å². The van der Waals surface area contributed by atoms with Gasteiger partial charge in [-0.05, 0) is 32.4 Å². The van der Waals surface area contributed by atoms with Crippen molar-refractivity contribution in [1.29, 1.82) is 0 Å². The van der Waals surface area contributed by atoms with Crippen molar-refractivity contribution in [2.75, 3.05) is 26.2 Å². The van der Waals surface area contributed by atoms with E-state index in [9.17, 15) is 4.79 Å². The monoisotopic (exact) mass is 322 g/mol. The fraction of sp³-hybridized carbons (Fsp3) is 0.588. The van der Waals surface area contributed by atoms with Crippen LogP contribution in [0.2, 0.25) is 5.02 Å². The summed E-state index contributed by atoms with van der Waals surface area (Å²) in [6.45, 7) is 5.00. The summed E-state index contributed by atoms with van der Waals surface area (Å²) < 4.78 is 5.93. The van der Waals surface area contributed by atoms with E-state index in [4.69, 9.17) is 16.3 Å². The lowest BCUT2D eigenvalue weighted by molar-refractivity contribution is -0.149. The maximum Gasteiger partial charge on any atom is 0.227 e. The lowest BCUT2D eigenvalue weighted by Crippen LogP contribution is -2.52. The normalized spacial score (nSPS) is 29.4. The number of hydrogen-bond acceptors (Lipinski definition) is 3. The molecule has 4 nitrogen and oxygen atoms in total. The standard InChI is InChI=1S/C17H23ClN2O2/c1-12-11-22-16(14-6-2-3-7-15(14)18)10-20(12)17(21)13-5-4-8-19-9-13/h2-3,6-7,12-13,16,19H,4-5,8-11H2,1H3/t12-,13+,16-/m1/s1. The van der Waals surface area contributed by atoms with Gasteiger partial charge in [-0.2, -0.15) is 0 Å². The van der Waals surface area contributed by atoms with Crippen LogP contribution in [0.3, 0.4) is 0 Å². The third-order valence-corrected chi connectivity index (χ3v) is 4.96. The first-order valence-corrected chi connectivity index (χ1v) is 8.42. The molecule has 0 bridgehead atoms. The summed E-state index contributed by atoms with van der Waals surface area (Å²) in [5, 5.41) is 4.02. The average Bonchev–Trinajstić information content (AvgIpc) is 2.56. The number of ether oxygens (including phenoxy) is 1. The van der Waals surface area contributed by atoms with Gasteiger partial charge in [0.05, 0.1) is 25.1 Å². The Morgan fingerprint density at radius 1 is 1.41 bits per heavy atom. The first kappa shape index (κ1) is 15.8. The maximum atomic E-state index is 12.8. The average molecular weight is 323 g/mol. The van der Waals surface area contributed by atoms with E-state index in [-0.39, 0.29) is 24.0 Å². The Kier molecular flexibility index (Phi) is 5.01. The van der Waals surface area contributed by atoms with Gasteiger partial charge in [0.2, 0.25) is 5.91 Å². The Balaban J connectivity index is 1.73. The zero-order valence-corrected chi connectivity index (χ0v) is 13.7. The molecule has 0 spiro atoms. The largest absolute Gasteiger partial charge is 0.369 e. The number of amides is 1. The molecule has 0 aromatic heterocycles. The number of nitrogens with one attached hydrogen (secondary N) is 1. The lowest BCUT2D eigenvalue weighted by Gasteiger charge is -2.40. The molecule has 2 fully saturated rings. The predicted octanol–water partition coefficient (Wildman–Crippen LogP) is 2.63. The predicted molar refractivity (Wildman–Crippen MR) is 86.9 cm³/mol. The smallest absolute Gasteiger partial charge is 0.227 e. The molecule has 120 valence electrons. The molecule has 3 atom stereocenters. The van der Waals surface area contributed by atoms with Crippen molar-refractivity contribution < 1.29 is 9.53 Å². The van der Waals surface area contributed by atoms with Crippen LogP contribution >= 0.6 is 11.6 Å². The van der Waals surface area contributed by atoms with Crippen molar-refractivity contribution in [2.45, 2.75) is 31.9 Å². The molecule has 2 aliphatic rings. The first-order chi connectivity index (χ1) is 10.7. The number of carbonyl (C=O) groups is 1. The molecule has 1 N–H and O–H groups in total. The van der Waals surface area contributed by atoms with Gasteiger partial charge in [0.25, 0.3) is 0 Å². The Bertz CT molecular complexity index is 531. The summed E-state index contributed by atoms with van der Waals surface area (Å²) in [5.41, 5.74) is 0.968. The van der Waals surface area contributed by atoms with Crippen LogP contribution in [0, 0.1) is 5.92 Å². The van der Waals surface area contributed by atoms with E-state index in [2.05, 4.69) is 12.2 Å². The highest BCUT2D eigenvalue weighted by atomic mass is 35.5. The van der Waals surface area contributed by atoms with Gasteiger partial charge >= 0.3 is 0 Å². The van der Waals surface area contributed by atoms with Crippen molar-refractivity contribution in [3.05, 3.63) is 34.9 Å². The van der Waals surface area contributed by atoms with Crippen LogP contribution in [0.4, 0.5) is 0 Å². The topological polar surface area (TPSA) is 41.6 Å². The number of carbonyl (C=O) groups excluding carboxylic acids is 1. The van der Waals surface area contributed by atoms with Crippen molar-refractivity contribution in [1.82, 2.24) is 10.2 Å². The maximum absolute atomic E-state index is 12.8. The molecular formula is C17H23ClN2O2. The van der Waals surface area contributed by atoms with Gasteiger partial charge in [0.15, 0.2) is 0 Å². The van der Waals surface area contributed by atoms with Crippen LogP contribution in [0.15, 0.2) is 24.3 Å². The number of benzene rings is 1. The second-order valence-electron chi connectivity index (χ2n) is 6.23. The third kappa shape index (κ3) is 3.29. The van der Waals surface area contributed by atoms with Crippen LogP contribution in [-0.4, -0.2) is 43.1 Å². The summed E-state index contributed by atoms with van der Waals surface area (Å²) >= 11 is 6.28. The van der Waals surface area contributed by atoms with E-state index in [0.29, 0.717) is 18.2 Å². The second kappa shape index (κ2) is 6.99. The Hall–Kier alpha value is -1.10. The molecule has 2 aliphatic heterocycles. The molecule has 3 rings (SSSR count). The highest BCUT2D eigenvalue weighted by Crippen LogP contribution is 2.31. The van der Waals surface area contributed by atoms with Gasteiger partial charge in [-0.25, -0.2) is 0 Å². The van der Waals surface area contributed by atoms with Crippen LogP contribution in [-0.2, 0) is 9.53 Å². The minimum absolute atomic E-state index is 0.0983. The minimum Gasteiger partial charge on any atom is -0.369 e. The Morgan fingerprint density at radius 2 is 2.23 bits per heavy atom. The molecule has 5 heteroatoms. The molecule has 22 heavy (non-hydrogen) atoms. The van der Waals surface area contributed by atoms with E-state index in [1.165, 1.54) is 0 Å². The number of hydrogen-bond donors (Lipinski definition) is 1. The van der Waals surface area contributed by atoms with Gasteiger partial charge in [-0.15, -0.1) is 0 Å². The molecule has 2 heterocycles. The lowest BCUT2D eigenvalue weighted by atomic mass is 9.96. The molecule has 0 unspecified atom stereocenters. The van der Waals surface area contributed by atoms with Crippen LogP contribution in [0.5, 0.6) is 0 Å². The second-order valence-corrected chi connectivity index (χ2v) is 6.63. The molecule has 1 amide bonds. The van der Waals surface area contributed by atoms with Gasteiger partial charge in [0, 0.05) is 17.1 Å². The van der Waals surface area contributed by atoms with E-state index in [1.807, 2.05) is 29.2 Å². The zero-order valence-electron chi connectivity index (χ0n) is 12.9. The fourth-order valence-corrected chi connectivity index (χ4v) is 3.54. The van der Waals surface area contributed by atoms with Crippen LogP contribution in [0.1, 0.15) is 31.4 Å². The Morgan fingerprint density at radius 3 is 2.95 bits per heavy atom. The van der Waals surface area contributed by atoms with Crippen LogP contribution in [0.25, 0.3) is 0 Å². The molecule has 0 radical (unpaired) electrons. The summed E-state index contributed by atoms with van der Waals surface area (Å²) in [4.78, 5) is 14.8. The van der Waals surface area contributed by atoms with Gasteiger partial charge in [0.1, 0.15) is 6.10 Å². The van der Waals surface area contributed by atoms with Gasteiger partial charge in [-0.1, -0.05) is 29.8 Å². The fourth-order valence-electron chi connectivity index (χ4n) is 3.29. The summed E-state index contributed by atoms with van der Waals surface area (Å²) in [5.74, 6) is 0.348. The highest BCUT2D eigenvalue weighted by molar-refractivity contribution is 6.31. The first-order valence-electron chi connectivity index (χ1n) is 8.04. The molecule has 0 aliphatic carbocycles. The minimum atomic E-state index is -0.134. The van der Waals surface area contributed by atoms with Gasteiger partial charge in [-0.3, -0.25) is 4.79 Å². The SMILES string of the molecule is C[C@@H]1CO[C@@H](c2ccccc2Cl)CN1C(=O)[C@H]1CCCNC1. The van der Waals surface area contributed by atoms with E-state index in [1.54, 1.807) is 0 Å². The number of piperidine rings is 1. The molecule has 1 aromatic rings. The molecule has 2 saturated heterocycles. The third-order valence-electron chi connectivity index (χ3n) is 4.61. The number of rotatable bonds is 2. The molecule has 1 aromatic carbocycles. The van der Waals surface area contributed by atoms with Crippen molar-refractivity contribution >= 4 is 17.5 Å². The van der Waals surface area contributed by atoms with Crippen molar-refractivity contribution in [2.24, 2.45) is 5.92 Å². The van der Waals surface area contributed by atoms with E-state index >= 15 is 0 Å². The number of nitrogens with zero attached hydrogens (tertiary/aromatic N) is 1. The van der Waals surface area contributed by atoms with Crippen molar-refractivity contribution in [3.63, 3.8) is 0 Å². The van der Waals surface area contributed by atoms with Crippen molar-refractivity contribution in [3.8, 4) is 0 Å². The molecule has 0 saturated carbocycles. The summed E-state index contributed by atoms with van der Waals surface area (Å²) in [6.07, 6.45) is 1.92. The quantitative estimate of drug-likeness (QED) is 0.910. The highest BCUT2D eigenvalue weighted by Gasteiger charge is 2.34. The van der Waals surface area contributed by atoms with Crippen LogP contribution < -0.4 is 5.32 Å². The molecular weight excluding hydrogens is 300 g/mol. The zero-order chi connectivity index (χ0) is 15.5. The summed E-state index contributed by atoms with van der Waals surface area (Å²) in [7, 11) is 0. The Labute approximate surface area is 136 Å². The van der Waals surface area contributed by atoms with E-state index in [0.717, 1.165) is 31.5 Å². The summed E-state index contributed by atoms with van der Waals surface area (Å²) in [6, 6.07) is 7.84. The number of morpholine rings is 1.